The Kier molecular flexibility index (Phi) is 30.1. The fourth-order valence-corrected chi connectivity index (χ4v) is 6.29. The van der Waals surface area contributed by atoms with Gasteiger partial charge in [0.25, 0.3) is 0 Å². The minimum absolute atomic E-state index is 0. The summed E-state index contributed by atoms with van der Waals surface area (Å²) < 4.78 is 5.30. The molecule has 9 N–H and O–H groups in total. The van der Waals surface area contributed by atoms with Crippen LogP contribution in [-0.2, 0) is 27.2 Å². The number of nitrogens with zero attached hydrogens (tertiary/aromatic N) is 4. The molecule has 1 amide bonds. The summed E-state index contributed by atoms with van der Waals surface area (Å²) >= 11 is 7.95. The van der Waals surface area contributed by atoms with Crippen LogP contribution in [0.5, 0.6) is 0 Å². The third kappa shape index (κ3) is 26.5. The minimum atomic E-state index is -0.837. The molecule has 16 nitrogen and oxygen atoms in total. The van der Waals surface area contributed by atoms with E-state index in [9.17, 15) is 14.4 Å². The number of carboxylic acids is 2. The van der Waals surface area contributed by atoms with E-state index >= 15 is 0 Å². The second-order valence-electron chi connectivity index (χ2n) is 13.8. The number of aliphatic carboxylic acids is 2. The molecule has 0 aromatic heterocycles. The molecule has 4 aliphatic rings. The van der Waals surface area contributed by atoms with Crippen LogP contribution in [0.4, 0.5) is 16.2 Å². The van der Waals surface area contributed by atoms with Crippen molar-refractivity contribution in [3.63, 3.8) is 0 Å². The Morgan fingerprint density at radius 1 is 0.817 bits per heavy atom. The van der Waals surface area contributed by atoms with Gasteiger partial charge in [0.15, 0.2) is 21.4 Å². The zero-order valence-corrected chi connectivity index (χ0v) is 40.5. The summed E-state index contributed by atoms with van der Waals surface area (Å²) in [7, 11) is 0. The molecule has 6 rings (SSSR count). The van der Waals surface area contributed by atoms with Crippen LogP contribution in [0.1, 0.15) is 57.6 Å². The SMILES string of the molecule is CSC1=NCCCN1.CSC1=NCCCN1C(=O)OC(C)(C)C.Cl.I.Nc1cccc(CC(=O)O)c1.O=C(O)Cc1cccc(NC2=NCCCN2)c1.S=C1NCCCN1. The van der Waals surface area contributed by atoms with E-state index in [-0.39, 0.29) is 55.3 Å². The van der Waals surface area contributed by atoms with Crippen molar-refractivity contribution in [3.05, 3.63) is 59.7 Å². The average molecular weight is 1030 g/mol. The number of thiocarbonyl (C=S) groups is 1. The van der Waals surface area contributed by atoms with E-state index in [4.69, 9.17) is 32.9 Å². The van der Waals surface area contributed by atoms with Gasteiger partial charge in [-0.3, -0.25) is 29.5 Å². The molecular formula is C39H62ClIN10O6S3. The van der Waals surface area contributed by atoms with Gasteiger partial charge in [0.1, 0.15) is 5.60 Å². The Labute approximate surface area is 391 Å². The van der Waals surface area contributed by atoms with E-state index < -0.39 is 17.5 Å². The number of nitrogens with two attached hydrogens (primary N) is 1. The third-order valence-electron chi connectivity index (χ3n) is 7.55. The molecule has 2 aromatic carbocycles. The predicted octanol–water partition coefficient (Wildman–Crippen LogP) is 5.91. The van der Waals surface area contributed by atoms with E-state index in [1.54, 1.807) is 47.0 Å². The first-order chi connectivity index (χ1) is 27.7. The van der Waals surface area contributed by atoms with Crippen molar-refractivity contribution >= 4 is 123 Å². The zero-order chi connectivity index (χ0) is 42.8. The standard InChI is InChI=1S/C12H15N3O2.C10H18N2O2S.C8H9NO2.C5H10N2S.C4H8N2S.ClH.HI/c16-11(17)8-9-3-1-4-10(7-9)15-12-13-5-2-6-14-12;1-10(2,3)14-9(13)12-7-5-6-11-8(12)15-4;9-7-3-1-2-6(4-7)5-8(10)11;1-8-5-6-3-2-4-7-5;7-4-5-2-1-3-6-4;;/h1,3-4,7H,2,5-6,8H2,(H,16,17)(H2,13,14,15);5-7H2,1-4H3;1-4H,5,9H2,(H,10,11);2-4H2,1H3,(H,6,7);1-3H2,(H2,5,6,7);2*1H. The van der Waals surface area contributed by atoms with Gasteiger partial charge in [0.05, 0.1) is 12.8 Å². The summed E-state index contributed by atoms with van der Waals surface area (Å²) in [5.41, 5.74) is 7.96. The van der Waals surface area contributed by atoms with E-state index in [1.807, 2.05) is 51.5 Å². The third-order valence-corrected chi connectivity index (χ3v) is 9.21. The molecule has 1 fully saturated rings. The number of carboxylic acid groups (broad SMARTS) is 2. The average Bonchev–Trinajstić information content (AvgIpc) is 3.19. The fraction of sp³-hybridized carbons (Fsp3) is 0.513. The number of nitrogen functional groups attached to an aromatic ring is 1. The number of thioether (sulfide) groups is 2. The van der Waals surface area contributed by atoms with E-state index in [2.05, 4.69) is 41.6 Å². The lowest BCUT2D eigenvalue weighted by Crippen LogP contribution is -2.42. The largest absolute Gasteiger partial charge is 0.481 e. The lowest BCUT2D eigenvalue weighted by molar-refractivity contribution is -0.137. The molecule has 4 aliphatic heterocycles. The summed E-state index contributed by atoms with van der Waals surface area (Å²) in [6.45, 7) is 13.0. The molecule has 0 bridgehead atoms. The van der Waals surface area contributed by atoms with Crippen LogP contribution in [0.3, 0.4) is 0 Å². The Morgan fingerprint density at radius 2 is 1.38 bits per heavy atom. The molecule has 0 saturated carbocycles. The first-order valence-electron chi connectivity index (χ1n) is 19.0. The number of guanidine groups is 1. The highest BCUT2D eigenvalue weighted by Crippen LogP contribution is 2.17. The van der Waals surface area contributed by atoms with Crippen molar-refractivity contribution in [3.8, 4) is 0 Å². The Bertz CT molecular complexity index is 1710. The van der Waals surface area contributed by atoms with Gasteiger partial charge in [-0.25, -0.2) is 4.79 Å². The normalized spacial score (nSPS) is 15.2. The molecule has 0 aliphatic carbocycles. The van der Waals surface area contributed by atoms with Crippen LogP contribution in [0.2, 0.25) is 0 Å². The molecule has 0 unspecified atom stereocenters. The van der Waals surface area contributed by atoms with Crippen LogP contribution < -0.4 is 32.3 Å². The number of carbonyl (C=O) groups is 3. The maximum Gasteiger partial charge on any atom is 0.416 e. The van der Waals surface area contributed by atoms with Crippen LogP contribution >= 0.6 is 72.1 Å². The summed E-state index contributed by atoms with van der Waals surface area (Å²) in [6.07, 6.45) is 8.05. The molecule has 1 saturated heterocycles. The number of aliphatic imine (C=N–C) groups is 3. The highest BCUT2D eigenvalue weighted by atomic mass is 127. The highest BCUT2D eigenvalue weighted by Gasteiger charge is 2.26. The van der Waals surface area contributed by atoms with Crippen LogP contribution in [0.15, 0.2) is 63.5 Å². The van der Waals surface area contributed by atoms with Crippen molar-refractivity contribution in [2.45, 2.75) is 64.9 Å². The first-order valence-corrected chi connectivity index (χ1v) is 21.9. The van der Waals surface area contributed by atoms with Gasteiger partial charge in [-0.05, 0) is 107 Å². The van der Waals surface area contributed by atoms with Crippen molar-refractivity contribution in [2.24, 2.45) is 15.0 Å². The topological polar surface area (TPSA) is 227 Å². The molecule has 2 aromatic rings. The Hall–Kier alpha value is -3.73. The summed E-state index contributed by atoms with van der Waals surface area (Å²) in [4.78, 5) is 47.1. The number of carbonyl (C=O) groups excluding carboxylic acids is 1. The van der Waals surface area contributed by atoms with Crippen molar-refractivity contribution < 1.29 is 29.3 Å². The Morgan fingerprint density at radius 3 is 1.85 bits per heavy atom. The molecular weight excluding hydrogens is 963 g/mol. The number of benzene rings is 2. The van der Waals surface area contributed by atoms with Crippen LogP contribution in [0.25, 0.3) is 0 Å². The number of halogens is 2. The molecule has 0 radical (unpaired) electrons. The van der Waals surface area contributed by atoms with Gasteiger partial charge in [-0.2, -0.15) is 0 Å². The van der Waals surface area contributed by atoms with Gasteiger partial charge < -0.3 is 47.3 Å². The van der Waals surface area contributed by atoms with E-state index in [1.165, 1.54) is 24.6 Å². The van der Waals surface area contributed by atoms with Crippen LogP contribution in [-0.4, -0.2) is 125 Å². The zero-order valence-electron chi connectivity index (χ0n) is 35.0. The maximum absolute atomic E-state index is 11.8. The monoisotopic (exact) mass is 1020 g/mol. The number of anilines is 2. The smallest absolute Gasteiger partial charge is 0.416 e. The van der Waals surface area contributed by atoms with E-state index in [0.717, 1.165) is 96.9 Å². The number of nitrogens with one attached hydrogen (secondary N) is 5. The van der Waals surface area contributed by atoms with Crippen molar-refractivity contribution in [1.82, 2.24) is 26.2 Å². The predicted molar refractivity (Wildman–Crippen MR) is 266 cm³/mol. The van der Waals surface area contributed by atoms with Crippen LogP contribution in [0, 0.1) is 0 Å². The maximum atomic E-state index is 11.8. The van der Waals surface area contributed by atoms with E-state index in [0.29, 0.717) is 12.2 Å². The molecule has 336 valence electrons. The summed E-state index contributed by atoms with van der Waals surface area (Å²) in [5.74, 6) is -0.908. The lowest BCUT2D eigenvalue weighted by atomic mass is 10.1. The number of amides is 1. The molecule has 0 spiro atoms. The molecule has 4 heterocycles. The molecule has 21 heteroatoms. The van der Waals surface area contributed by atoms with Gasteiger partial charge in [-0.15, -0.1) is 36.4 Å². The number of amidine groups is 2. The Balaban J connectivity index is 0.000000745. The first kappa shape index (κ1) is 56.3. The van der Waals surface area contributed by atoms with Gasteiger partial charge >= 0.3 is 18.0 Å². The second kappa shape index (κ2) is 32.0. The quantitative estimate of drug-likeness (QED) is 0.0990. The van der Waals surface area contributed by atoms with Gasteiger partial charge in [-0.1, -0.05) is 47.8 Å². The second-order valence-corrected chi connectivity index (χ2v) is 15.8. The number of hydrogen-bond acceptors (Lipinski definition) is 14. The molecule has 0 atom stereocenters. The van der Waals surface area contributed by atoms with Crippen molar-refractivity contribution in [2.75, 3.05) is 75.9 Å². The highest BCUT2D eigenvalue weighted by molar-refractivity contribution is 14.0. The molecule has 60 heavy (non-hydrogen) atoms. The number of ether oxygens (including phenoxy) is 1. The lowest BCUT2D eigenvalue weighted by Gasteiger charge is -2.29. The number of rotatable bonds is 5. The summed E-state index contributed by atoms with van der Waals surface area (Å²) in [5, 5.41) is 35.3. The van der Waals surface area contributed by atoms with Gasteiger partial charge in [0.2, 0.25) is 0 Å². The van der Waals surface area contributed by atoms with Gasteiger partial charge in [0, 0.05) is 63.7 Å². The number of hydrogen-bond donors (Lipinski definition) is 8. The fourth-order valence-electron chi connectivity index (χ4n) is 5.01. The van der Waals surface area contributed by atoms with Crippen molar-refractivity contribution in [1.29, 1.82) is 0 Å². The summed E-state index contributed by atoms with van der Waals surface area (Å²) in [6, 6.07) is 14.2. The minimum Gasteiger partial charge on any atom is -0.481 e.